The molecule has 134 valence electrons. The highest BCUT2D eigenvalue weighted by Crippen LogP contribution is 2.18. The molecule has 0 N–H and O–H groups in total. The summed E-state index contributed by atoms with van der Waals surface area (Å²) in [6.07, 6.45) is 1.63. The number of anilines is 1. The van der Waals surface area contributed by atoms with Gasteiger partial charge in [-0.05, 0) is 48.9 Å². The molecule has 2 aromatic carbocycles. The van der Waals surface area contributed by atoms with Crippen molar-refractivity contribution in [2.75, 3.05) is 19.0 Å². The van der Waals surface area contributed by atoms with Crippen LogP contribution in [0.3, 0.4) is 0 Å². The highest BCUT2D eigenvalue weighted by atomic mass is 16.3. The maximum absolute atomic E-state index is 13.0. The van der Waals surface area contributed by atoms with Crippen LogP contribution in [0.5, 0.6) is 0 Å². The molecule has 26 heavy (non-hydrogen) atoms. The zero-order valence-corrected chi connectivity index (χ0v) is 15.5. The fourth-order valence-corrected chi connectivity index (χ4v) is 2.79. The van der Waals surface area contributed by atoms with E-state index in [0.29, 0.717) is 18.7 Å². The SMILES string of the molecule is Cc1ccc(C(=O)N(Cc2ccc(N(C)C)cc2)Cc2ccco2)cc1. The van der Waals surface area contributed by atoms with E-state index in [1.54, 1.807) is 6.26 Å². The molecule has 1 heterocycles. The van der Waals surface area contributed by atoms with Crippen LogP contribution < -0.4 is 4.90 Å². The number of furan rings is 1. The maximum atomic E-state index is 13.0. The van der Waals surface area contributed by atoms with Crippen molar-refractivity contribution in [3.8, 4) is 0 Å². The van der Waals surface area contributed by atoms with E-state index >= 15 is 0 Å². The van der Waals surface area contributed by atoms with E-state index in [4.69, 9.17) is 4.42 Å². The molecule has 4 heteroatoms. The smallest absolute Gasteiger partial charge is 0.254 e. The number of aryl methyl sites for hydroxylation is 1. The molecular weight excluding hydrogens is 324 g/mol. The van der Waals surface area contributed by atoms with E-state index in [1.807, 2.05) is 62.3 Å². The Morgan fingerprint density at radius 2 is 1.62 bits per heavy atom. The van der Waals surface area contributed by atoms with E-state index in [9.17, 15) is 4.79 Å². The average molecular weight is 348 g/mol. The van der Waals surface area contributed by atoms with Gasteiger partial charge in [0.05, 0.1) is 12.8 Å². The lowest BCUT2D eigenvalue weighted by atomic mass is 10.1. The summed E-state index contributed by atoms with van der Waals surface area (Å²) in [5.74, 6) is 0.772. The minimum absolute atomic E-state index is 0.00177. The molecule has 3 aromatic rings. The molecular formula is C22H24N2O2. The molecule has 0 radical (unpaired) electrons. The lowest BCUT2D eigenvalue weighted by molar-refractivity contribution is 0.0717. The van der Waals surface area contributed by atoms with Gasteiger partial charge in [0.15, 0.2) is 0 Å². The van der Waals surface area contributed by atoms with Gasteiger partial charge < -0.3 is 14.2 Å². The van der Waals surface area contributed by atoms with E-state index in [2.05, 4.69) is 29.2 Å². The van der Waals surface area contributed by atoms with Gasteiger partial charge in [-0.15, -0.1) is 0 Å². The number of hydrogen-bond acceptors (Lipinski definition) is 3. The number of nitrogens with zero attached hydrogens (tertiary/aromatic N) is 2. The molecule has 0 fully saturated rings. The Kier molecular flexibility index (Phi) is 5.42. The Morgan fingerprint density at radius 1 is 0.923 bits per heavy atom. The normalized spacial score (nSPS) is 10.6. The van der Waals surface area contributed by atoms with Gasteiger partial charge >= 0.3 is 0 Å². The van der Waals surface area contributed by atoms with Gasteiger partial charge in [0, 0.05) is 31.9 Å². The van der Waals surface area contributed by atoms with Crippen LogP contribution in [0.2, 0.25) is 0 Å². The molecule has 0 aliphatic heterocycles. The number of carbonyl (C=O) groups excluding carboxylic acids is 1. The third kappa shape index (κ3) is 4.33. The van der Waals surface area contributed by atoms with Gasteiger partial charge in [-0.25, -0.2) is 0 Å². The molecule has 0 saturated carbocycles. The molecule has 4 nitrogen and oxygen atoms in total. The van der Waals surface area contributed by atoms with Crippen LogP contribution in [0.15, 0.2) is 71.3 Å². The summed E-state index contributed by atoms with van der Waals surface area (Å²) in [5, 5.41) is 0. The molecule has 0 saturated heterocycles. The first kappa shape index (κ1) is 17.8. The number of benzene rings is 2. The van der Waals surface area contributed by atoms with Crippen molar-refractivity contribution >= 4 is 11.6 Å². The van der Waals surface area contributed by atoms with E-state index < -0.39 is 0 Å². The fourth-order valence-electron chi connectivity index (χ4n) is 2.79. The number of hydrogen-bond donors (Lipinski definition) is 0. The zero-order valence-electron chi connectivity index (χ0n) is 15.5. The first-order valence-electron chi connectivity index (χ1n) is 8.67. The van der Waals surface area contributed by atoms with E-state index in [-0.39, 0.29) is 5.91 Å². The predicted octanol–water partition coefficient (Wildman–Crippen LogP) is 4.50. The number of rotatable bonds is 6. The predicted molar refractivity (Wildman–Crippen MR) is 104 cm³/mol. The molecule has 0 atom stereocenters. The van der Waals surface area contributed by atoms with Gasteiger partial charge in [-0.2, -0.15) is 0 Å². The molecule has 0 bridgehead atoms. The van der Waals surface area contributed by atoms with Crippen LogP contribution in [0.25, 0.3) is 0 Å². The third-order valence-corrected chi connectivity index (χ3v) is 4.34. The van der Waals surface area contributed by atoms with Crippen LogP contribution >= 0.6 is 0 Å². The second-order valence-corrected chi connectivity index (χ2v) is 6.67. The molecule has 3 rings (SSSR count). The van der Waals surface area contributed by atoms with Gasteiger partial charge in [0.1, 0.15) is 5.76 Å². The molecule has 0 unspecified atom stereocenters. The average Bonchev–Trinajstić information content (AvgIpc) is 3.15. The van der Waals surface area contributed by atoms with Crippen LogP contribution in [0.1, 0.15) is 27.2 Å². The Bertz CT molecular complexity index is 835. The second kappa shape index (κ2) is 7.91. The molecule has 1 amide bonds. The fraction of sp³-hybridized carbons (Fsp3) is 0.227. The van der Waals surface area contributed by atoms with Gasteiger partial charge in [0.25, 0.3) is 5.91 Å². The van der Waals surface area contributed by atoms with Crippen molar-refractivity contribution in [3.05, 3.63) is 89.4 Å². The highest BCUT2D eigenvalue weighted by molar-refractivity contribution is 5.94. The van der Waals surface area contributed by atoms with Crippen molar-refractivity contribution in [1.82, 2.24) is 4.90 Å². The largest absolute Gasteiger partial charge is 0.467 e. The first-order chi connectivity index (χ1) is 12.5. The van der Waals surface area contributed by atoms with Crippen molar-refractivity contribution in [2.24, 2.45) is 0 Å². The minimum Gasteiger partial charge on any atom is -0.467 e. The summed E-state index contributed by atoms with van der Waals surface area (Å²) in [4.78, 5) is 16.9. The van der Waals surface area contributed by atoms with Crippen LogP contribution in [-0.4, -0.2) is 24.9 Å². The number of carbonyl (C=O) groups is 1. The Labute approximate surface area is 154 Å². The van der Waals surface area contributed by atoms with Crippen molar-refractivity contribution < 1.29 is 9.21 Å². The first-order valence-corrected chi connectivity index (χ1v) is 8.67. The number of amides is 1. The van der Waals surface area contributed by atoms with Crippen molar-refractivity contribution in [3.63, 3.8) is 0 Å². The molecule has 0 aliphatic rings. The van der Waals surface area contributed by atoms with Crippen molar-refractivity contribution in [2.45, 2.75) is 20.0 Å². The Morgan fingerprint density at radius 3 is 2.19 bits per heavy atom. The Balaban J connectivity index is 1.82. The van der Waals surface area contributed by atoms with Crippen molar-refractivity contribution in [1.29, 1.82) is 0 Å². The van der Waals surface area contributed by atoms with Crippen LogP contribution in [0.4, 0.5) is 5.69 Å². The van der Waals surface area contributed by atoms with E-state index in [0.717, 1.165) is 22.6 Å². The standard InChI is InChI=1S/C22H24N2O2/c1-17-6-10-19(11-7-17)22(25)24(16-21-5-4-14-26-21)15-18-8-12-20(13-9-18)23(2)3/h4-14H,15-16H2,1-3H3. The van der Waals surface area contributed by atoms with Gasteiger partial charge in [0.2, 0.25) is 0 Å². The molecule has 0 aliphatic carbocycles. The maximum Gasteiger partial charge on any atom is 0.254 e. The minimum atomic E-state index is -0.00177. The summed E-state index contributed by atoms with van der Waals surface area (Å²) in [7, 11) is 4.03. The van der Waals surface area contributed by atoms with Gasteiger partial charge in [-0.1, -0.05) is 29.8 Å². The second-order valence-electron chi connectivity index (χ2n) is 6.67. The summed E-state index contributed by atoms with van der Waals surface area (Å²) in [6.45, 7) is 2.98. The van der Waals surface area contributed by atoms with E-state index in [1.165, 1.54) is 0 Å². The summed E-state index contributed by atoms with van der Waals surface area (Å²) in [6, 6.07) is 19.7. The Hall–Kier alpha value is -3.01. The zero-order chi connectivity index (χ0) is 18.5. The third-order valence-electron chi connectivity index (χ3n) is 4.34. The highest BCUT2D eigenvalue weighted by Gasteiger charge is 2.18. The van der Waals surface area contributed by atoms with Crippen LogP contribution in [-0.2, 0) is 13.1 Å². The monoisotopic (exact) mass is 348 g/mol. The molecule has 0 spiro atoms. The summed E-state index contributed by atoms with van der Waals surface area (Å²) < 4.78 is 5.46. The molecule has 1 aromatic heterocycles. The van der Waals surface area contributed by atoms with Crippen LogP contribution in [0, 0.1) is 6.92 Å². The lowest BCUT2D eigenvalue weighted by Crippen LogP contribution is -2.30. The van der Waals surface area contributed by atoms with Gasteiger partial charge in [-0.3, -0.25) is 4.79 Å². The topological polar surface area (TPSA) is 36.7 Å². The quantitative estimate of drug-likeness (QED) is 0.658. The summed E-state index contributed by atoms with van der Waals surface area (Å²) >= 11 is 0. The summed E-state index contributed by atoms with van der Waals surface area (Å²) in [5.41, 5.74) is 4.05. The lowest BCUT2D eigenvalue weighted by Gasteiger charge is -2.22.